The number of benzene rings is 2. The van der Waals surface area contributed by atoms with Crippen molar-refractivity contribution in [3.63, 3.8) is 0 Å². The van der Waals surface area contributed by atoms with Crippen LogP contribution in [0.3, 0.4) is 0 Å². The Labute approximate surface area is 222 Å². The van der Waals surface area contributed by atoms with Crippen molar-refractivity contribution >= 4 is 27.5 Å². The van der Waals surface area contributed by atoms with Crippen LogP contribution >= 0.6 is 0 Å². The molecule has 0 fully saturated rings. The zero-order chi connectivity index (χ0) is 28.0. The van der Waals surface area contributed by atoms with E-state index < -0.39 is 28.5 Å². The van der Waals surface area contributed by atoms with E-state index in [0.29, 0.717) is 17.9 Å². The molecule has 1 atom stereocenters. The molecule has 2 aromatic rings. The average Bonchev–Trinajstić information content (AvgIpc) is 2.80. The Kier molecular flexibility index (Phi) is 10.1. The number of rotatable bonds is 11. The van der Waals surface area contributed by atoms with Gasteiger partial charge in [0.05, 0.1) is 19.1 Å². The topological polar surface area (TPSA) is 96.0 Å². The Bertz CT molecular complexity index is 1170. The lowest BCUT2D eigenvalue weighted by molar-refractivity contribution is -0.140. The van der Waals surface area contributed by atoms with Crippen LogP contribution in [0.2, 0.25) is 0 Å². The van der Waals surface area contributed by atoms with Crippen molar-refractivity contribution in [1.82, 2.24) is 10.2 Å². The van der Waals surface area contributed by atoms with Crippen LogP contribution in [0.1, 0.15) is 59.1 Å². The maximum absolute atomic E-state index is 13.8. The first kappa shape index (κ1) is 30.2. The maximum Gasteiger partial charge on any atom is 0.244 e. The van der Waals surface area contributed by atoms with Gasteiger partial charge >= 0.3 is 0 Å². The van der Waals surface area contributed by atoms with Gasteiger partial charge in [-0.15, -0.1) is 0 Å². The van der Waals surface area contributed by atoms with E-state index in [9.17, 15) is 18.0 Å². The highest BCUT2D eigenvalue weighted by atomic mass is 32.2. The zero-order valence-corrected chi connectivity index (χ0v) is 24.1. The van der Waals surface area contributed by atoms with Gasteiger partial charge in [-0.25, -0.2) is 8.42 Å². The number of amides is 2. The monoisotopic (exact) mass is 531 g/mol. The number of carbonyl (C=O) groups excluding carboxylic acids is 2. The van der Waals surface area contributed by atoms with E-state index in [4.69, 9.17) is 4.74 Å². The summed E-state index contributed by atoms with van der Waals surface area (Å²) in [6, 6.07) is 13.5. The third-order valence-electron chi connectivity index (χ3n) is 6.00. The standard InChI is InChI=1S/C28H41N3O5S/c1-9-25(27(33)29-20(2)3)30(18-21-11-10-12-24(17-21)36-7)26(32)19-31(37(8,34)35)23-15-13-22(14-16-23)28(4,5)6/h10-17,20,25H,9,18-19H2,1-8H3,(H,29,33)/t25-/m1/s1. The first-order valence-electron chi connectivity index (χ1n) is 12.5. The Morgan fingerprint density at radius 2 is 1.68 bits per heavy atom. The molecule has 8 nitrogen and oxygen atoms in total. The van der Waals surface area contributed by atoms with Crippen LogP contribution in [-0.4, -0.2) is 57.1 Å². The van der Waals surface area contributed by atoms with Gasteiger partial charge in [-0.05, 0) is 61.1 Å². The van der Waals surface area contributed by atoms with Crippen LogP contribution in [0.25, 0.3) is 0 Å². The molecular formula is C28H41N3O5S. The highest BCUT2D eigenvalue weighted by Gasteiger charge is 2.32. The van der Waals surface area contributed by atoms with E-state index >= 15 is 0 Å². The van der Waals surface area contributed by atoms with E-state index in [1.54, 1.807) is 31.4 Å². The van der Waals surface area contributed by atoms with Crippen molar-refractivity contribution in [2.75, 3.05) is 24.2 Å². The Morgan fingerprint density at radius 1 is 1.05 bits per heavy atom. The minimum Gasteiger partial charge on any atom is -0.497 e. The van der Waals surface area contributed by atoms with Crippen molar-refractivity contribution in [3.8, 4) is 5.75 Å². The Hall–Kier alpha value is -3.07. The second-order valence-corrected chi connectivity index (χ2v) is 12.4. The van der Waals surface area contributed by atoms with E-state index in [-0.39, 0.29) is 23.9 Å². The minimum atomic E-state index is -3.78. The van der Waals surface area contributed by atoms with Crippen LogP contribution in [0.4, 0.5) is 5.69 Å². The average molecular weight is 532 g/mol. The van der Waals surface area contributed by atoms with E-state index in [1.807, 2.05) is 45.0 Å². The molecule has 1 N–H and O–H groups in total. The molecule has 9 heteroatoms. The van der Waals surface area contributed by atoms with E-state index in [2.05, 4.69) is 26.1 Å². The number of sulfonamides is 1. The number of hydrogen-bond acceptors (Lipinski definition) is 5. The number of nitrogens with one attached hydrogen (secondary N) is 1. The van der Waals surface area contributed by atoms with Gasteiger partial charge in [0.25, 0.3) is 0 Å². The largest absolute Gasteiger partial charge is 0.497 e. The third-order valence-corrected chi connectivity index (χ3v) is 7.15. The van der Waals surface area contributed by atoms with E-state index in [0.717, 1.165) is 21.7 Å². The van der Waals surface area contributed by atoms with Crippen molar-refractivity contribution in [3.05, 3.63) is 59.7 Å². The summed E-state index contributed by atoms with van der Waals surface area (Å²) < 4.78 is 32.0. The molecule has 0 aliphatic heterocycles. The molecule has 0 aliphatic rings. The summed E-state index contributed by atoms with van der Waals surface area (Å²) in [7, 11) is -2.23. The van der Waals surface area contributed by atoms with Gasteiger partial charge in [-0.2, -0.15) is 0 Å². The second-order valence-electron chi connectivity index (χ2n) is 10.5. The molecule has 0 saturated heterocycles. The molecule has 0 unspecified atom stereocenters. The Morgan fingerprint density at radius 3 is 2.16 bits per heavy atom. The van der Waals surface area contributed by atoms with Gasteiger partial charge in [0.1, 0.15) is 18.3 Å². The summed E-state index contributed by atoms with van der Waals surface area (Å²) in [5.41, 5.74) is 2.11. The fourth-order valence-corrected chi connectivity index (χ4v) is 4.86. The van der Waals surface area contributed by atoms with Gasteiger partial charge in [-0.1, -0.05) is 52.0 Å². The lowest BCUT2D eigenvalue weighted by Gasteiger charge is -2.33. The summed E-state index contributed by atoms with van der Waals surface area (Å²) in [6.07, 6.45) is 1.44. The smallest absolute Gasteiger partial charge is 0.244 e. The number of carbonyl (C=O) groups is 2. The van der Waals surface area contributed by atoms with Gasteiger partial charge in [-0.3, -0.25) is 13.9 Å². The van der Waals surface area contributed by atoms with Gasteiger partial charge in [0, 0.05) is 12.6 Å². The molecule has 0 saturated carbocycles. The second kappa shape index (κ2) is 12.4. The molecule has 0 spiro atoms. The first-order valence-corrected chi connectivity index (χ1v) is 14.3. The van der Waals surface area contributed by atoms with Crippen molar-refractivity contribution in [2.45, 2.75) is 72.0 Å². The molecule has 204 valence electrons. The van der Waals surface area contributed by atoms with Crippen LogP contribution in [-0.2, 0) is 31.6 Å². The molecule has 0 aliphatic carbocycles. The van der Waals surface area contributed by atoms with Crippen molar-refractivity contribution in [2.24, 2.45) is 0 Å². The quantitative estimate of drug-likeness (QED) is 0.471. The summed E-state index contributed by atoms with van der Waals surface area (Å²) in [5.74, 6) is -0.130. The lowest BCUT2D eigenvalue weighted by Crippen LogP contribution is -2.53. The number of hydrogen-bond donors (Lipinski definition) is 1. The Balaban J connectivity index is 2.46. The van der Waals surface area contributed by atoms with Gasteiger partial charge in [0.2, 0.25) is 21.8 Å². The first-order chi connectivity index (χ1) is 17.2. The van der Waals surface area contributed by atoms with Gasteiger partial charge < -0.3 is 15.0 Å². The maximum atomic E-state index is 13.8. The molecule has 0 radical (unpaired) electrons. The molecule has 2 aromatic carbocycles. The highest BCUT2D eigenvalue weighted by molar-refractivity contribution is 7.92. The molecule has 2 amide bonds. The SMILES string of the molecule is CC[C@H](C(=O)NC(C)C)N(Cc1cccc(OC)c1)C(=O)CN(c1ccc(C(C)(C)C)cc1)S(C)(=O)=O. The molecule has 0 aromatic heterocycles. The molecule has 37 heavy (non-hydrogen) atoms. The normalized spacial score (nSPS) is 12.7. The number of methoxy groups -OCH3 is 1. The summed E-state index contributed by atoms with van der Waals surface area (Å²) in [4.78, 5) is 28.3. The van der Waals surface area contributed by atoms with Crippen LogP contribution in [0.5, 0.6) is 5.75 Å². The lowest BCUT2D eigenvalue weighted by atomic mass is 9.87. The number of ether oxygens (including phenoxy) is 1. The minimum absolute atomic E-state index is 0.101. The van der Waals surface area contributed by atoms with Crippen LogP contribution in [0, 0.1) is 0 Å². The summed E-state index contributed by atoms with van der Waals surface area (Å²) >= 11 is 0. The summed E-state index contributed by atoms with van der Waals surface area (Å²) in [5, 5.41) is 2.88. The molecule has 0 bridgehead atoms. The fraction of sp³-hybridized carbons (Fsp3) is 0.500. The zero-order valence-electron chi connectivity index (χ0n) is 23.2. The summed E-state index contributed by atoms with van der Waals surface area (Å²) in [6.45, 7) is 11.5. The number of nitrogens with zero attached hydrogens (tertiary/aromatic N) is 2. The van der Waals surface area contributed by atoms with Crippen LogP contribution < -0.4 is 14.4 Å². The van der Waals surface area contributed by atoms with Crippen molar-refractivity contribution in [1.29, 1.82) is 0 Å². The molecule has 0 heterocycles. The highest BCUT2D eigenvalue weighted by Crippen LogP contribution is 2.26. The van der Waals surface area contributed by atoms with Crippen LogP contribution in [0.15, 0.2) is 48.5 Å². The van der Waals surface area contributed by atoms with E-state index in [1.165, 1.54) is 4.90 Å². The predicted molar refractivity (Wildman–Crippen MR) is 148 cm³/mol. The fourth-order valence-electron chi connectivity index (χ4n) is 4.01. The number of anilines is 1. The third kappa shape index (κ3) is 8.49. The van der Waals surface area contributed by atoms with Gasteiger partial charge in [0.15, 0.2) is 0 Å². The molecular weight excluding hydrogens is 490 g/mol. The van der Waals surface area contributed by atoms with Crippen molar-refractivity contribution < 1.29 is 22.7 Å². The molecule has 2 rings (SSSR count). The predicted octanol–water partition coefficient (Wildman–Crippen LogP) is 4.09.